The molecule has 0 aliphatic rings. The maximum absolute atomic E-state index is 8.87. The Morgan fingerprint density at radius 1 is 0.824 bits per heavy atom. The number of unbranched alkanes of at least 4 members (excludes halogenated alkanes) is 2. The van der Waals surface area contributed by atoms with Crippen LogP contribution in [-0.4, -0.2) is 54.5 Å². The minimum absolute atomic E-state index is 0.0132. The summed E-state index contributed by atoms with van der Waals surface area (Å²) in [5, 5.41) is 17.7. The molecule has 0 aromatic carbocycles. The number of hydroxylamine groups is 4. The van der Waals surface area contributed by atoms with Crippen molar-refractivity contribution in [3.8, 4) is 0 Å². The van der Waals surface area contributed by atoms with Gasteiger partial charge in [0.25, 0.3) is 0 Å². The van der Waals surface area contributed by atoms with Crippen molar-refractivity contribution in [2.24, 2.45) is 0 Å². The largest absolute Gasteiger partial charge is 0.394 e. The van der Waals surface area contributed by atoms with Crippen LogP contribution >= 0.6 is 0 Å². The Hall–Kier alpha value is -0.200. The zero-order valence-corrected chi connectivity index (χ0v) is 11.2. The minimum atomic E-state index is -0.0132. The summed E-state index contributed by atoms with van der Waals surface area (Å²) < 4.78 is 0. The number of rotatable bonds is 12. The van der Waals surface area contributed by atoms with E-state index in [1.165, 1.54) is 0 Å². The van der Waals surface area contributed by atoms with Gasteiger partial charge in [-0.2, -0.15) is 9.68 Å². The van der Waals surface area contributed by atoms with Gasteiger partial charge in [-0.1, -0.05) is 26.7 Å². The molecule has 0 unspecified atom stereocenters. The Kier molecular flexibility index (Phi) is 10.8. The van der Waals surface area contributed by atoms with Crippen LogP contribution in [0.4, 0.5) is 0 Å². The zero-order valence-electron chi connectivity index (χ0n) is 11.2. The molecule has 0 radical (unpaired) electrons. The van der Waals surface area contributed by atoms with Gasteiger partial charge in [0.1, 0.15) is 26.3 Å². The first-order valence-electron chi connectivity index (χ1n) is 6.62. The molecule has 5 nitrogen and oxygen atoms in total. The predicted molar refractivity (Wildman–Crippen MR) is 65.9 cm³/mol. The molecular formula is C12H28NO4+. The first-order valence-corrected chi connectivity index (χ1v) is 6.62. The maximum atomic E-state index is 8.87. The molecular weight excluding hydrogens is 222 g/mol. The van der Waals surface area contributed by atoms with Crippen LogP contribution in [0.5, 0.6) is 0 Å². The molecule has 0 aliphatic heterocycles. The van der Waals surface area contributed by atoms with E-state index in [4.69, 9.17) is 19.9 Å². The molecule has 0 atom stereocenters. The minimum Gasteiger partial charge on any atom is -0.394 e. The summed E-state index contributed by atoms with van der Waals surface area (Å²) in [5.41, 5.74) is 0. The van der Waals surface area contributed by atoms with Gasteiger partial charge in [-0.3, -0.25) is 0 Å². The van der Waals surface area contributed by atoms with Crippen molar-refractivity contribution < 1.29 is 24.7 Å². The molecule has 0 fully saturated rings. The summed E-state index contributed by atoms with van der Waals surface area (Å²) >= 11 is 0. The third-order valence-electron chi connectivity index (χ3n) is 2.54. The van der Waals surface area contributed by atoms with Crippen LogP contribution in [0.25, 0.3) is 0 Å². The van der Waals surface area contributed by atoms with Gasteiger partial charge in [0.05, 0.1) is 13.2 Å². The van der Waals surface area contributed by atoms with Crippen LogP contribution in [0.15, 0.2) is 0 Å². The van der Waals surface area contributed by atoms with Crippen molar-refractivity contribution in [2.45, 2.75) is 39.5 Å². The normalized spacial score (nSPS) is 12.0. The number of nitrogens with zero attached hydrogens (tertiary/aromatic N) is 1. The molecule has 0 bridgehead atoms. The second kappa shape index (κ2) is 10.9. The summed E-state index contributed by atoms with van der Waals surface area (Å²) in [4.78, 5) is 11.4. The average molecular weight is 250 g/mol. The Morgan fingerprint density at radius 3 is 1.53 bits per heavy atom. The highest BCUT2D eigenvalue weighted by molar-refractivity contribution is 4.35. The van der Waals surface area contributed by atoms with Crippen molar-refractivity contribution in [1.29, 1.82) is 0 Å². The maximum Gasteiger partial charge on any atom is 0.142 e. The van der Waals surface area contributed by atoms with Crippen molar-refractivity contribution in [2.75, 3.05) is 39.5 Å². The van der Waals surface area contributed by atoms with Crippen LogP contribution in [0, 0.1) is 0 Å². The fraction of sp³-hybridized carbons (Fsp3) is 1.00. The van der Waals surface area contributed by atoms with E-state index in [0.717, 1.165) is 38.8 Å². The Morgan fingerprint density at radius 2 is 1.24 bits per heavy atom. The second-order valence-electron chi connectivity index (χ2n) is 4.08. The molecule has 104 valence electrons. The van der Waals surface area contributed by atoms with Crippen LogP contribution in [0.1, 0.15) is 39.5 Å². The Labute approximate surface area is 104 Å². The smallest absolute Gasteiger partial charge is 0.142 e. The van der Waals surface area contributed by atoms with Crippen LogP contribution in [-0.2, 0) is 9.68 Å². The molecule has 0 aromatic rings. The molecule has 0 saturated heterocycles. The van der Waals surface area contributed by atoms with Crippen molar-refractivity contribution in [3.05, 3.63) is 0 Å². The van der Waals surface area contributed by atoms with E-state index < -0.39 is 0 Å². The topological polar surface area (TPSA) is 58.9 Å². The molecule has 0 aliphatic carbocycles. The average Bonchev–Trinajstić information content (AvgIpc) is 2.37. The van der Waals surface area contributed by atoms with E-state index >= 15 is 0 Å². The fourth-order valence-electron chi connectivity index (χ4n) is 1.62. The summed E-state index contributed by atoms with van der Waals surface area (Å²) in [6.07, 6.45) is 4.13. The molecule has 0 spiro atoms. The monoisotopic (exact) mass is 250 g/mol. The van der Waals surface area contributed by atoms with Crippen molar-refractivity contribution in [1.82, 2.24) is 0 Å². The Bertz CT molecular complexity index is 129. The van der Waals surface area contributed by atoms with Gasteiger partial charge in [-0.05, 0) is 4.81 Å². The lowest BCUT2D eigenvalue weighted by Crippen LogP contribution is -2.50. The van der Waals surface area contributed by atoms with E-state index in [1.54, 1.807) is 0 Å². The van der Waals surface area contributed by atoms with Crippen molar-refractivity contribution in [3.63, 3.8) is 0 Å². The molecule has 0 rings (SSSR count). The second-order valence-corrected chi connectivity index (χ2v) is 4.08. The van der Waals surface area contributed by atoms with Gasteiger partial charge in [-0.25, -0.2) is 0 Å². The fourth-order valence-corrected chi connectivity index (χ4v) is 1.62. The number of aliphatic hydroxyl groups is 2. The lowest BCUT2D eigenvalue weighted by Gasteiger charge is -2.32. The van der Waals surface area contributed by atoms with Gasteiger partial charge in [0.15, 0.2) is 0 Å². The lowest BCUT2D eigenvalue weighted by molar-refractivity contribution is -1.25. The highest BCUT2D eigenvalue weighted by Crippen LogP contribution is 2.14. The summed E-state index contributed by atoms with van der Waals surface area (Å²) in [5.74, 6) is 0. The van der Waals surface area contributed by atoms with Gasteiger partial charge >= 0.3 is 0 Å². The Balaban J connectivity index is 4.39. The number of hydrogen-bond donors (Lipinski definition) is 2. The lowest BCUT2D eigenvalue weighted by atomic mass is 10.3. The third-order valence-corrected chi connectivity index (χ3v) is 2.54. The quantitative estimate of drug-likeness (QED) is 0.404. The highest BCUT2D eigenvalue weighted by atomic mass is 17.0. The molecule has 5 heteroatoms. The molecule has 2 N–H and O–H groups in total. The van der Waals surface area contributed by atoms with E-state index in [0.29, 0.717) is 0 Å². The number of hydrogen-bond acceptors (Lipinski definition) is 4. The predicted octanol–water partition coefficient (Wildman–Crippen LogP) is 1.25. The zero-order chi connectivity index (χ0) is 13.0. The molecule has 0 saturated carbocycles. The SMILES string of the molecule is CCCC[N+](CCCC)(OCCO)OCCO. The standard InChI is InChI=1S/C12H28NO4/c1-3-5-7-13(8-6-4-2,16-11-9-14)17-12-10-15/h14-15H,3-12H2,1-2H3/q+1. The summed E-state index contributed by atoms with van der Waals surface area (Å²) in [7, 11) is 0. The van der Waals surface area contributed by atoms with Gasteiger partial charge in [-0.15, -0.1) is 0 Å². The third kappa shape index (κ3) is 7.68. The van der Waals surface area contributed by atoms with E-state index in [-0.39, 0.29) is 31.2 Å². The molecule has 0 heterocycles. The van der Waals surface area contributed by atoms with Gasteiger partial charge in [0.2, 0.25) is 0 Å². The van der Waals surface area contributed by atoms with Crippen LogP contribution in [0.3, 0.4) is 0 Å². The van der Waals surface area contributed by atoms with Gasteiger partial charge in [0, 0.05) is 12.8 Å². The number of quaternary nitrogens is 1. The summed E-state index contributed by atoms with van der Waals surface area (Å²) in [6.45, 7) is 6.26. The molecule has 0 aromatic heterocycles. The van der Waals surface area contributed by atoms with Crippen molar-refractivity contribution >= 4 is 0 Å². The van der Waals surface area contributed by atoms with E-state index in [1.807, 2.05) is 0 Å². The molecule has 17 heavy (non-hydrogen) atoms. The van der Waals surface area contributed by atoms with E-state index in [2.05, 4.69) is 13.8 Å². The first kappa shape index (κ1) is 16.8. The molecule has 0 amide bonds. The first-order chi connectivity index (χ1) is 8.24. The van der Waals surface area contributed by atoms with Crippen LogP contribution in [0.2, 0.25) is 0 Å². The number of aliphatic hydroxyl groups excluding tert-OH is 2. The van der Waals surface area contributed by atoms with E-state index in [9.17, 15) is 0 Å². The van der Waals surface area contributed by atoms with Gasteiger partial charge < -0.3 is 10.2 Å². The summed E-state index contributed by atoms with van der Waals surface area (Å²) in [6, 6.07) is 0. The highest BCUT2D eigenvalue weighted by Gasteiger charge is 2.30. The van der Waals surface area contributed by atoms with Crippen LogP contribution < -0.4 is 0 Å².